The Hall–Kier alpha value is -1.14. The Morgan fingerprint density at radius 1 is 1.40 bits per heavy atom. The maximum atomic E-state index is 11.9. The number of hydrogen-bond donors (Lipinski definition) is 1. The number of H-pyrrole nitrogens is 1. The summed E-state index contributed by atoms with van der Waals surface area (Å²) < 4.78 is 26.4. The molecule has 6 heteroatoms. The van der Waals surface area contributed by atoms with Crippen molar-refractivity contribution in [3.63, 3.8) is 0 Å². The van der Waals surface area contributed by atoms with E-state index in [0.29, 0.717) is 15.2 Å². The van der Waals surface area contributed by atoms with Gasteiger partial charge in [0.1, 0.15) is 0 Å². The summed E-state index contributed by atoms with van der Waals surface area (Å²) in [6, 6.07) is 5.33. The number of aromatic amines is 1. The van der Waals surface area contributed by atoms with Crippen molar-refractivity contribution >= 4 is 33.1 Å². The summed E-state index contributed by atoms with van der Waals surface area (Å²) in [5, 5.41) is 0. The van der Waals surface area contributed by atoms with Gasteiger partial charge in [-0.1, -0.05) is 19.4 Å². The van der Waals surface area contributed by atoms with E-state index < -0.39 is 9.84 Å². The fraction of sp³-hybridized carbons (Fsp3) is 0.500. The fourth-order valence-electron chi connectivity index (χ4n) is 2.94. The van der Waals surface area contributed by atoms with Crippen LogP contribution in [-0.2, 0) is 16.4 Å². The Bertz CT molecular complexity index is 826. The van der Waals surface area contributed by atoms with Gasteiger partial charge in [0.25, 0.3) is 0 Å². The number of sulfone groups is 1. The second-order valence-electron chi connectivity index (χ2n) is 6.10. The minimum absolute atomic E-state index is 0.286. The van der Waals surface area contributed by atoms with E-state index >= 15 is 0 Å². The summed E-state index contributed by atoms with van der Waals surface area (Å²) >= 11 is 5.39. The van der Waals surface area contributed by atoms with E-state index in [4.69, 9.17) is 12.2 Å². The zero-order valence-corrected chi connectivity index (χ0v) is 13.3. The number of imidazole rings is 1. The molecule has 108 valence electrons. The van der Waals surface area contributed by atoms with E-state index in [1.54, 1.807) is 12.1 Å². The van der Waals surface area contributed by atoms with Crippen LogP contribution in [0.4, 0.5) is 0 Å². The molecule has 1 aliphatic rings. The minimum atomic E-state index is -3.26. The Morgan fingerprint density at radius 3 is 2.65 bits per heavy atom. The number of rotatable bonds is 3. The van der Waals surface area contributed by atoms with Crippen LogP contribution in [0, 0.1) is 10.2 Å². The van der Waals surface area contributed by atoms with Gasteiger partial charge in [0.05, 0.1) is 15.9 Å². The zero-order valence-electron chi connectivity index (χ0n) is 11.6. The molecule has 0 aliphatic heterocycles. The molecule has 4 nitrogen and oxygen atoms in total. The van der Waals surface area contributed by atoms with Gasteiger partial charge in [-0.25, -0.2) is 8.42 Å². The van der Waals surface area contributed by atoms with E-state index in [0.717, 1.165) is 12.1 Å². The van der Waals surface area contributed by atoms with Crippen LogP contribution in [0.15, 0.2) is 23.1 Å². The van der Waals surface area contributed by atoms with Gasteiger partial charge in [-0.05, 0) is 42.6 Å². The van der Waals surface area contributed by atoms with Crippen LogP contribution < -0.4 is 0 Å². The molecule has 1 saturated carbocycles. The number of para-hydroxylation sites is 1. The molecule has 1 aromatic heterocycles. The zero-order chi connectivity index (χ0) is 14.5. The molecule has 0 bridgehead atoms. The van der Waals surface area contributed by atoms with Crippen molar-refractivity contribution in [2.24, 2.45) is 5.41 Å². The first kappa shape index (κ1) is 13.8. The van der Waals surface area contributed by atoms with Gasteiger partial charge in [0.15, 0.2) is 14.6 Å². The lowest BCUT2D eigenvalue weighted by atomic mass is 9.70. The second kappa shape index (κ2) is 4.43. The summed E-state index contributed by atoms with van der Waals surface area (Å²) in [4.78, 5) is 3.39. The summed E-state index contributed by atoms with van der Waals surface area (Å²) in [5.41, 5.74) is 1.79. The van der Waals surface area contributed by atoms with Crippen molar-refractivity contribution in [2.75, 3.05) is 6.26 Å². The smallest absolute Gasteiger partial charge is 0.178 e. The predicted octanol–water partition coefficient (Wildman–Crippen LogP) is 3.29. The van der Waals surface area contributed by atoms with Crippen LogP contribution in [0.5, 0.6) is 0 Å². The van der Waals surface area contributed by atoms with Crippen LogP contribution in [0.1, 0.15) is 26.2 Å². The monoisotopic (exact) mass is 310 g/mol. The molecular formula is C14H18N2O2S2. The maximum absolute atomic E-state index is 11.9. The third-order valence-corrected chi connectivity index (χ3v) is 5.73. The predicted molar refractivity (Wildman–Crippen MR) is 82.2 cm³/mol. The second-order valence-corrected chi connectivity index (χ2v) is 8.47. The number of benzene rings is 1. The summed E-state index contributed by atoms with van der Waals surface area (Å²) in [5.74, 6) is 0. The van der Waals surface area contributed by atoms with Crippen LogP contribution in [0.3, 0.4) is 0 Å². The lowest BCUT2D eigenvalue weighted by Crippen LogP contribution is -2.30. The molecule has 0 saturated heterocycles. The highest BCUT2D eigenvalue weighted by atomic mass is 32.2. The average molecular weight is 310 g/mol. The molecule has 0 atom stereocenters. The molecule has 1 fully saturated rings. The summed E-state index contributed by atoms with van der Waals surface area (Å²) in [7, 11) is -3.26. The van der Waals surface area contributed by atoms with Gasteiger partial charge >= 0.3 is 0 Å². The van der Waals surface area contributed by atoms with Crippen molar-refractivity contribution < 1.29 is 8.42 Å². The molecule has 0 spiro atoms. The van der Waals surface area contributed by atoms with E-state index in [1.165, 1.54) is 25.5 Å². The minimum Gasteiger partial charge on any atom is -0.329 e. The number of nitrogens with one attached hydrogen (secondary N) is 1. The number of hydrogen-bond acceptors (Lipinski definition) is 3. The quantitative estimate of drug-likeness (QED) is 0.885. The van der Waals surface area contributed by atoms with Crippen LogP contribution in [-0.4, -0.2) is 24.2 Å². The van der Waals surface area contributed by atoms with Gasteiger partial charge in [0, 0.05) is 12.8 Å². The Kier molecular flexibility index (Phi) is 3.06. The lowest BCUT2D eigenvalue weighted by molar-refractivity contribution is 0.133. The topological polar surface area (TPSA) is 54.9 Å². The summed E-state index contributed by atoms with van der Waals surface area (Å²) in [6.07, 6.45) is 4.89. The largest absolute Gasteiger partial charge is 0.329 e. The molecule has 1 N–H and O–H groups in total. The average Bonchev–Trinajstić information content (AvgIpc) is 2.62. The van der Waals surface area contributed by atoms with Crippen molar-refractivity contribution in [2.45, 2.75) is 37.6 Å². The lowest BCUT2D eigenvalue weighted by Gasteiger charge is -2.38. The Morgan fingerprint density at radius 2 is 2.10 bits per heavy atom. The van der Waals surface area contributed by atoms with Gasteiger partial charge in [-0.2, -0.15) is 0 Å². The van der Waals surface area contributed by atoms with Crippen molar-refractivity contribution in [1.29, 1.82) is 0 Å². The fourth-order valence-corrected chi connectivity index (χ4v) is 4.06. The van der Waals surface area contributed by atoms with Gasteiger partial charge in [0.2, 0.25) is 0 Å². The van der Waals surface area contributed by atoms with Gasteiger partial charge < -0.3 is 9.55 Å². The highest BCUT2D eigenvalue weighted by Gasteiger charge is 2.32. The molecule has 1 aliphatic carbocycles. The molecule has 2 aromatic rings. The Labute approximate surface area is 123 Å². The van der Waals surface area contributed by atoms with Crippen LogP contribution in [0.2, 0.25) is 0 Å². The number of aromatic nitrogens is 2. The molecule has 20 heavy (non-hydrogen) atoms. The first-order valence-electron chi connectivity index (χ1n) is 6.72. The van der Waals surface area contributed by atoms with Crippen LogP contribution >= 0.6 is 12.2 Å². The molecule has 1 aromatic carbocycles. The maximum Gasteiger partial charge on any atom is 0.178 e. The van der Waals surface area contributed by atoms with E-state index in [-0.39, 0.29) is 5.41 Å². The third kappa shape index (κ3) is 2.20. The van der Waals surface area contributed by atoms with Crippen LogP contribution in [0.25, 0.3) is 11.0 Å². The first-order chi connectivity index (χ1) is 9.30. The molecular weight excluding hydrogens is 292 g/mol. The SMILES string of the molecule is CC1(Cn2c(=S)[nH]c3c(S(C)(=O)=O)cccc32)CCC1. The number of nitrogens with zero attached hydrogens (tertiary/aromatic N) is 1. The standard InChI is InChI=1S/C14H18N2O2S2/c1-14(7-4-8-14)9-16-10-5-3-6-11(20(2,17)18)12(10)15-13(16)19/h3,5-6H,4,7-9H2,1-2H3,(H,15,19). The summed E-state index contributed by atoms with van der Waals surface area (Å²) in [6.45, 7) is 3.11. The Balaban J connectivity index is 2.20. The highest BCUT2D eigenvalue weighted by Crippen LogP contribution is 2.42. The number of fused-ring (bicyclic) bond motifs is 1. The van der Waals surface area contributed by atoms with Gasteiger partial charge in [-0.3, -0.25) is 0 Å². The van der Waals surface area contributed by atoms with E-state index in [1.807, 2.05) is 10.6 Å². The van der Waals surface area contributed by atoms with Crippen molar-refractivity contribution in [3.05, 3.63) is 23.0 Å². The molecule has 0 amide bonds. The normalized spacial score (nSPS) is 18.1. The van der Waals surface area contributed by atoms with Crippen molar-refractivity contribution in [1.82, 2.24) is 9.55 Å². The van der Waals surface area contributed by atoms with Crippen molar-refractivity contribution in [3.8, 4) is 0 Å². The van der Waals surface area contributed by atoms with E-state index in [2.05, 4.69) is 11.9 Å². The molecule has 0 unspecified atom stereocenters. The van der Waals surface area contributed by atoms with E-state index in [9.17, 15) is 8.42 Å². The molecule has 1 heterocycles. The molecule has 3 rings (SSSR count). The van der Waals surface area contributed by atoms with Gasteiger partial charge in [-0.15, -0.1) is 0 Å². The first-order valence-corrected chi connectivity index (χ1v) is 9.02. The highest BCUT2D eigenvalue weighted by molar-refractivity contribution is 7.91. The molecule has 0 radical (unpaired) electrons. The third-order valence-electron chi connectivity index (χ3n) is 4.27.